The molecule has 35 heavy (non-hydrogen) atoms. The quantitative estimate of drug-likeness (QED) is 0.651. The van der Waals surface area contributed by atoms with E-state index in [1.165, 1.54) is 6.07 Å². The molecule has 2 N–H and O–H groups in total. The van der Waals surface area contributed by atoms with Crippen LogP contribution >= 0.6 is 0 Å². The van der Waals surface area contributed by atoms with Crippen LogP contribution in [0.15, 0.2) is 53.4 Å². The van der Waals surface area contributed by atoms with Crippen molar-refractivity contribution in [3.8, 4) is 0 Å². The molecule has 0 radical (unpaired) electrons. The number of likely N-dealkylation sites (tertiary alicyclic amines) is 1. The van der Waals surface area contributed by atoms with Crippen molar-refractivity contribution in [2.75, 3.05) is 25.0 Å². The van der Waals surface area contributed by atoms with Gasteiger partial charge in [0.1, 0.15) is 0 Å². The predicted octanol–water partition coefficient (Wildman–Crippen LogP) is 3.98. The molecule has 0 spiro atoms. The summed E-state index contributed by atoms with van der Waals surface area (Å²) in [6.45, 7) is 5.32. The largest absolute Gasteiger partial charge is 0.349 e. The summed E-state index contributed by atoms with van der Waals surface area (Å²) in [6, 6.07) is 13.8. The fourth-order valence-corrected chi connectivity index (χ4v) is 6.51. The van der Waals surface area contributed by atoms with Crippen molar-refractivity contribution in [3.05, 3.63) is 59.7 Å². The van der Waals surface area contributed by atoms with Gasteiger partial charge < -0.3 is 15.5 Å². The summed E-state index contributed by atoms with van der Waals surface area (Å²) in [5.74, 6) is -0.279. The summed E-state index contributed by atoms with van der Waals surface area (Å²) in [5, 5.41) is 5.94. The highest BCUT2D eigenvalue weighted by molar-refractivity contribution is 7.89. The molecule has 2 saturated heterocycles. The summed E-state index contributed by atoms with van der Waals surface area (Å²) in [5.41, 5.74) is 1.85. The Morgan fingerprint density at radius 1 is 0.943 bits per heavy atom. The second-order valence-corrected chi connectivity index (χ2v) is 11.4. The van der Waals surface area contributed by atoms with Crippen molar-refractivity contribution in [1.82, 2.24) is 14.5 Å². The van der Waals surface area contributed by atoms with E-state index in [4.69, 9.17) is 0 Å². The van der Waals surface area contributed by atoms with Gasteiger partial charge in [-0.15, -0.1) is 0 Å². The number of hydrogen-bond acceptors (Lipinski definition) is 4. The van der Waals surface area contributed by atoms with E-state index >= 15 is 0 Å². The van der Waals surface area contributed by atoms with E-state index in [0.29, 0.717) is 38.0 Å². The van der Waals surface area contributed by atoms with Gasteiger partial charge in [-0.3, -0.25) is 4.79 Å². The number of hydrogen-bond donors (Lipinski definition) is 2. The Balaban J connectivity index is 1.37. The molecule has 2 aromatic carbocycles. The minimum Gasteiger partial charge on any atom is -0.349 e. The molecular weight excluding hydrogens is 464 g/mol. The van der Waals surface area contributed by atoms with Crippen molar-refractivity contribution in [3.63, 3.8) is 0 Å². The van der Waals surface area contributed by atoms with E-state index in [1.54, 1.807) is 21.3 Å². The first kappa shape index (κ1) is 25.2. The SMILES string of the molecule is Cc1ccc(S(=O)(=O)N2CCCCC2C)cc1C(=O)NC1CCN(C(=O)Nc2ccccc2)CC1. The van der Waals surface area contributed by atoms with Crippen LogP contribution in [-0.4, -0.2) is 61.3 Å². The Hall–Kier alpha value is -2.91. The Bertz CT molecular complexity index is 1160. The lowest BCUT2D eigenvalue weighted by atomic mass is 10.0. The van der Waals surface area contributed by atoms with E-state index in [-0.39, 0.29) is 28.9 Å². The van der Waals surface area contributed by atoms with Crippen LogP contribution in [0, 0.1) is 6.92 Å². The van der Waals surface area contributed by atoms with Gasteiger partial charge in [0.05, 0.1) is 4.90 Å². The van der Waals surface area contributed by atoms with Gasteiger partial charge in [-0.05, 0) is 69.4 Å². The first-order valence-electron chi connectivity index (χ1n) is 12.3. The second-order valence-electron chi connectivity index (χ2n) is 9.47. The molecule has 1 atom stereocenters. The van der Waals surface area contributed by atoms with Crippen LogP contribution in [0.4, 0.5) is 10.5 Å². The molecule has 9 heteroatoms. The average molecular weight is 499 g/mol. The minimum absolute atomic E-state index is 0.0448. The molecule has 8 nitrogen and oxygen atoms in total. The third-order valence-electron chi connectivity index (χ3n) is 6.94. The molecule has 188 valence electrons. The number of benzene rings is 2. The highest BCUT2D eigenvalue weighted by Crippen LogP contribution is 2.26. The Labute approximate surface area is 207 Å². The summed E-state index contributed by atoms with van der Waals surface area (Å²) >= 11 is 0. The number of aryl methyl sites for hydroxylation is 1. The standard InChI is InChI=1S/C26H34N4O4S/c1-19-11-12-23(35(33,34)30-15-7-6-8-20(30)2)18-24(19)25(31)27-22-13-16-29(17-14-22)26(32)28-21-9-4-3-5-10-21/h3-5,9-12,18,20,22H,6-8,13-17H2,1-2H3,(H,27,31)(H,28,32). The molecular formula is C26H34N4O4S. The Morgan fingerprint density at radius 3 is 2.34 bits per heavy atom. The van der Waals surface area contributed by atoms with Gasteiger partial charge in [-0.2, -0.15) is 4.31 Å². The molecule has 0 aromatic heterocycles. The van der Waals surface area contributed by atoms with Crippen LogP contribution < -0.4 is 10.6 Å². The van der Waals surface area contributed by atoms with Crippen LogP contribution in [0.25, 0.3) is 0 Å². The summed E-state index contributed by atoms with van der Waals surface area (Å²) < 4.78 is 28.1. The maximum Gasteiger partial charge on any atom is 0.321 e. The number of urea groups is 1. The van der Waals surface area contributed by atoms with Gasteiger partial charge in [0.15, 0.2) is 0 Å². The third-order valence-corrected chi connectivity index (χ3v) is 8.95. The first-order chi connectivity index (χ1) is 16.8. The van der Waals surface area contributed by atoms with Crippen molar-refractivity contribution in [2.45, 2.75) is 62.9 Å². The fraction of sp³-hybridized carbons (Fsp3) is 0.462. The molecule has 2 heterocycles. The highest BCUT2D eigenvalue weighted by Gasteiger charge is 2.32. The number of amides is 3. The van der Waals surface area contributed by atoms with Crippen LogP contribution in [0.3, 0.4) is 0 Å². The van der Waals surface area contributed by atoms with E-state index in [2.05, 4.69) is 10.6 Å². The van der Waals surface area contributed by atoms with Gasteiger partial charge in [0.25, 0.3) is 5.91 Å². The molecule has 0 aliphatic carbocycles. The Morgan fingerprint density at radius 2 is 1.66 bits per heavy atom. The van der Waals surface area contributed by atoms with Gasteiger partial charge in [-0.25, -0.2) is 13.2 Å². The molecule has 2 fully saturated rings. The number of piperidine rings is 2. The zero-order valence-corrected chi connectivity index (χ0v) is 21.2. The third kappa shape index (κ3) is 5.85. The van der Waals surface area contributed by atoms with Gasteiger partial charge in [0.2, 0.25) is 10.0 Å². The highest BCUT2D eigenvalue weighted by atomic mass is 32.2. The van der Waals surface area contributed by atoms with Crippen LogP contribution in [0.5, 0.6) is 0 Å². The lowest BCUT2D eigenvalue weighted by Gasteiger charge is -2.33. The topological polar surface area (TPSA) is 98.8 Å². The number of nitrogens with one attached hydrogen (secondary N) is 2. The minimum atomic E-state index is -3.66. The molecule has 2 aliphatic heterocycles. The lowest BCUT2D eigenvalue weighted by molar-refractivity contribution is 0.0918. The second kappa shape index (κ2) is 10.8. The monoisotopic (exact) mass is 498 g/mol. The van der Waals surface area contributed by atoms with Crippen molar-refractivity contribution < 1.29 is 18.0 Å². The normalized spacial score (nSPS) is 19.8. The number of para-hydroxylation sites is 1. The number of anilines is 1. The summed E-state index contributed by atoms with van der Waals surface area (Å²) in [4.78, 5) is 27.5. The van der Waals surface area contributed by atoms with E-state index < -0.39 is 10.0 Å². The summed E-state index contributed by atoms with van der Waals surface area (Å²) in [6.07, 6.45) is 4.00. The maximum absolute atomic E-state index is 13.3. The molecule has 0 bridgehead atoms. The Kier molecular flexibility index (Phi) is 7.76. The number of nitrogens with zero attached hydrogens (tertiary/aromatic N) is 2. The smallest absolute Gasteiger partial charge is 0.321 e. The van der Waals surface area contributed by atoms with E-state index in [1.807, 2.05) is 44.2 Å². The lowest BCUT2D eigenvalue weighted by Crippen LogP contribution is -2.47. The van der Waals surface area contributed by atoms with Gasteiger partial charge in [-0.1, -0.05) is 30.7 Å². The first-order valence-corrected chi connectivity index (χ1v) is 13.7. The maximum atomic E-state index is 13.3. The number of carbonyl (C=O) groups is 2. The van der Waals surface area contributed by atoms with E-state index in [9.17, 15) is 18.0 Å². The van der Waals surface area contributed by atoms with Crippen molar-refractivity contribution in [1.29, 1.82) is 0 Å². The number of rotatable bonds is 5. The predicted molar refractivity (Wildman–Crippen MR) is 136 cm³/mol. The molecule has 2 aromatic rings. The number of carbonyl (C=O) groups excluding carboxylic acids is 2. The van der Waals surface area contributed by atoms with Crippen LogP contribution in [0.2, 0.25) is 0 Å². The fourth-order valence-electron chi connectivity index (χ4n) is 4.78. The van der Waals surface area contributed by atoms with Crippen LogP contribution in [-0.2, 0) is 10.0 Å². The number of sulfonamides is 1. The molecule has 1 unspecified atom stereocenters. The zero-order chi connectivity index (χ0) is 25.0. The van der Waals surface area contributed by atoms with Crippen molar-refractivity contribution >= 4 is 27.6 Å². The zero-order valence-electron chi connectivity index (χ0n) is 20.4. The van der Waals surface area contributed by atoms with Gasteiger partial charge >= 0.3 is 6.03 Å². The molecule has 4 rings (SSSR count). The summed E-state index contributed by atoms with van der Waals surface area (Å²) in [7, 11) is -3.66. The molecule has 0 saturated carbocycles. The van der Waals surface area contributed by atoms with Crippen LogP contribution in [0.1, 0.15) is 54.9 Å². The molecule has 2 aliphatic rings. The average Bonchev–Trinajstić information content (AvgIpc) is 2.85. The van der Waals surface area contributed by atoms with Gasteiger partial charge in [0, 0.05) is 43.0 Å². The molecule has 3 amide bonds. The van der Waals surface area contributed by atoms with E-state index in [0.717, 1.165) is 30.5 Å². The van der Waals surface area contributed by atoms with Crippen molar-refractivity contribution in [2.24, 2.45) is 0 Å².